The number of nitrogens with zero attached hydrogens (tertiary/aromatic N) is 1. The average molecular weight is 551 g/mol. The van der Waals surface area contributed by atoms with E-state index in [1.165, 1.54) is 69.6 Å². The van der Waals surface area contributed by atoms with E-state index in [9.17, 15) is 0 Å². The summed E-state index contributed by atoms with van der Waals surface area (Å²) in [7, 11) is 0. The van der Waals surface area contributed by atoms with Gasteiger partial charge in [0.25, 0.3) is 0 Å². The van der Waals surface area contributed by atoms with Gasteiger partial charge in [-0.2, -0.15) is 0 Å². The van der Waals surface area contributed by atoms with Crippen LogP contribution < -0.4 is 20.5 Å². The van der Waals surface area contributed by atoms with E-state index in [1.54, 1.807) is 0 Å². The van der Waals surface area contributed by atoms with Gasteiger partial charge in [-0.1, -0.05) is 97.1 Å². The van der Waals surface area contributed by atoms with Crippen LogP contribution in [-0.2, 0) is 0 Å². The second-order valence-corrected chi connectivity index (χ2v) is 12.3. The molecule has 0 amide bonds. The number of benzene rings is 7. The molecule has 0 fully saturated rings. The van der Waals surface area contributed by atoms with Gasteiger partial charge in [-0.3, -0.25) is 0 Å². The van der Waals surface area contributed by atoms with Gasteiger partial charge in [-0.25, -0.2) is 0 Å². The first kappa shape index (κ1) is 22.6. The summed E-state index contributed by atoms with van der Waals surface area (Å²) in [6.07, 6.45) is 0. The predicted octanol–water partition coefficient (Wildman–Crippen LogP) is 9.31. The topological polar surface area (TPSA) is 12.5 Å². The second kappa shape index (κ2) is 8.25. The minimum atomic E-state index is -0.211. The van der Waals surface area contributed by atoms with Gasteiger partial charge in [0.15, 0.2) is 0 Å². The van der Waals surface area contributed by atoms with E-state index in [-0.39, 0.29) is 6.92 Å². The van der Waals surface area contributed by atoms with E-state index >= 15 is 0 Å². The maximum Gasteiger partial charge on any atom is 0.432 e. The van der Waals surface area contributed by atoms with Crippen molar-refractivity contribution < 1.29 is 4.65 Å². The summed E-state index contributed by atoms with van der Waals surface area (Å²) < 4.78 is 9.64. The van der Waals surface area contributed by atoms with Crippen molar-refractivity contribution >= 4 is 88.0 Å². The lowest BCUT2D eigenvalue weighted by Gasteiger charge is -2.40. The zero-order chi connectivity index (χ0) is 27.4. The minimum absolute atomic E-state index is 0.211. The molecule has 42 heavy (non-hydrogen) atoms. The van der Waals surface area contributed by atoms with Gasteiger partial charge < -0.3 is 9.55 Å². The molecule has 3 heterocycles. The summed E-state index contributed by atoms with van der Waals surface area (Å²) >= 11 is 1.89. The number of fused-ring (bicyclic) bond motifs is 11. The minimum Gasteiger partial charge on any atom is -0.551 e. The monoisotopic (exact) mass is 551 g/mol. The van der Waals surface area contributed by atoms with Crippen molar-refractivity contribution in [2.45, 2.75) is 0 Å². The third kappa shape index (κ3) is 2.94. The van der Waals surface area contributed by atoms with Gasteiger partial charge in [-0.15, -0.1) is 11.3 Å². The zero-order valence-electron chi connectivity index (χ0n) is 22.5. The molecule has 10 rings (SSSR count). The summed E-state index contributed by atoms with van der Waals surface area (Å²) in [5.74, 6) is 0.942. The zero-order valence-corrected chi connectivity index (χ0v) is 23.4. The molecule has 0 radical (unpaired) electrons. The quantitative estimate of drug-likeness (QED) is 0.189. The van der Waals surface area contributed by atoms with Gasteiger partial charge in [-0.05, 0) is 63.5 Å². The molecule has 7 aromatic carbocycles. The Morgan fingerprint density at radius 1 is 0.548 bits per heavy atom. The lowest BCUT2D eigenvalue weighted by molar-refractivity contribution is 0.590. The lowest BCUT2D eigenvalue weighted by Crippen LogP contribution is -2.56. The summed E-state index contributed by atoms with van der Waals surface area (Å²) in [6.45, 7) is -0.211. The van der Waals surface area contributed by atoms with E-state index in [4.69, 9.17) is 4.65 Å². The fraction of sp³-hybridized carbons (Fsp3) is 0. The largest absolute Gasteiger partial charge is 0.551 e. The molecule has 2 nitrogen and oxygen atoms in total. The van der Waals surface area contributed by atoms with Crippen molar-refractivity contribution in [1.82, 2.24) is 0 Å². The summed E-state index contributed by atoms with van der Waals surface area (Å²) in [4.78, 5) is 2.51. The molecule has 0 bridgehead atoms. The fourth-order valence-electron chi connectivity index (χ4n) is 7.21. The molecule has 0 atom stereocenters. The maximum atomic E-state index is 7.03. The summed E-state index contributed by atoms with van der Waals surface area (Å²) in [5.41, 5.74) is 8.48. The maximum absolute atomic E-state index is 7.03. The first-order valence-corrected chi connectivity index (χ1v) is 15.2. The third-order valence-corrected chi connectivity index (χ3v) is 10.2. The Morgan fingerprint density at radius 3 is 2.21 bits per heavy atom. The Bertz CT molecular complexity index is 2430. The van der Waals surface area contributed by atoms with Gasteiger partial charge in [0, 0.05) is 43.3 Å². The molecule has 0 saturated heterocycles. The molecule has 194 valence electrons. The first-order chi connectivity index (χ1) is 20.8. The summed E-state index contributed by atoms with van der Waals surface area (Å²) in [6, 6.07) is 48.5. The van der Waals surface area contributed by atoms with Gasteiger partial charge in [0.05, 0.1) is 10.4 Å². The van der Waals surface area contributed by atoms with Gasteiger partial charge >= 0.3 is 6.92 Å². The van der Waals surface area contributed by atoms with Crippen molar-refractivity contribution in [1.29, 1.82) is 0 Å². The highest BCUT2D eigenvalue weighted by molar-refractivity contribution is 7.26. The number of hydrogen-bond donors (Lipinski definition) is 0. The lowest BCUT2D eigenvalue weighted by atomic mass is 9.48. The van der Waals surface area contributed by atoms with E-state index in [2.05, 4.69) is 138 Å². The first-order valence-electron chi connectivity index (χ1n) is 14.4. The van der Waals surface area contributed by atoms with Crippen LogP contribution in [0, 0.1) is 0 Å². The molecule has 0 aliphatic carbocycles. The van der Waals surface area contributed by atoms with Crippen molar-refractivity contribution in [2.24, 2.45) is 0 Å². The third-order valence-electron chi connectivity index (χ3n) is 9.03. The second-order valence-electron chi connectivity index (χ2n) is 11.2. The highest BCUT2D eigenvalue weighted by atomic mass is 32.1. The fourth-order valence-corrected chi connectivity index (χ4v) is 8.44. The Kier molecular flexibility index (Phi) is 4.44. The standard InChI is InChI=1S/C38H22BNOS/c1-2-11-25-21-26(19-17-23(25)9-1)40-32-20-18-24-10-3-4-12-27(24)35(32)39-36-30(28-13-5-7-15-33(28)41-39)22-31-29-14-6-8-16-34(29)42-38(31)37(36)40/h1-22H. The molecule has 8 aromatic rings. The van der Waals surface area contributed by atoms with Crippen LogP contribution in [0.25, 0.3) is 52.8 Å². The van der Waals surface area contributed by atoms with Crippen molar-refractivity contribution in [3.8, 4) is 16.9 Å². The Morgan fingerprint density at radius 2 is 1.29 bits per heavy atom. The van der Waals surface area contributed by atoms with Gasteiger partial charge in [0.2, 0.25) is 0 Å². The summed E-state index contributed by atoms with van der Waals surface area (Å²) in [5, 5.41) is 7.55. The predicted molar refractivity (Wildman–Crippen MR) is 180 cm³/mol. The van der Waals surface area contributed by atoms with E-state index in [0.717, 1.165) is 17.0 Å². The molecule has 2 aliphatic rings. The Balaban J connectivity index is 1.42. The van der Waals surface area contributed by atoms with Crippen LogP contribution in [0.1, 0.15) is 0 Å². The van der Waals surface area contributed by atoms with Crippen molar-refractivity contribution in [3.05, 3.63) is 133 Å². The highest BCUT2D eigenvalue weighted by Crippen LogP contribution is 2.50. The number of anilines is 3. The van der Waals surface area contributed by atoms with E-state index < -0.39 is 0 Å². The number of thiophene rings is 1. The molecule has 4 heteroatoms. The molecule has 2 aliphatic heterocycles. The molecule has 0 spiro atoms. The molecule has 1 aromatic heterocycles. The van der Waals surface area contributed by atoms with Gasteiger partial charge in [0.1, 0.15) is 5.75 Å². The average Bonchev–Trinajstić information content (AvgIpc) is 3.43. The smallest absolute Gasteiger partial charge is 0.432 e. The van der Waals surface area contributed by atoms with Crippen LogP contribution in [0.5, 0.6) is 5.75 Å². The SMILES string of the molecule is c1ccc2c(c1)OB1c3c-2cc2c(sc4ccccc42)c3N(c2ccc3ccccc3c2)c2ccc3ccccc3c21. The van der Waals surface area contributed by atoms with E-state index in [0.29, 0.717) is 0 Å². The highest BCUT2D eigenvalue weighted by Gasteiger charge is 2.44. The van der Waals surface area contributed by atoms with Crippen LogP contribution in [0.4, 0.5) is 17.1 Å². The van der Waals surface area contributed by atoms with Crippen molar-refractivity contribution in [2.75, 3.05) is 4.90 Å². The number of hydrogen-bond acceptors (Lipinski definition) is 3. The molecular formula is C38H22BNOS. The molecule has 0 N–H and O–H groups in total. The number of rotatable bonds is 1. The number of para-hydroxylation sites is 1. The molecular weight excluding hydrogens is 529 g/mol. The van der Waals surface area contributed by atoms with Crippen LogP contribution in [0.15, 0.2) is 133 Å². The Labute approximate surface area is 247 Å². The van der Waals surface area contributed by atoms with Crippen LogP contribution in [0.3, 0.4) is 0 Å². The van der Waals surface area contributed by atoms with Crippen LogP contribution in [0.2, 0.25) is 0 Å². The normalized spacial score (nSPS) is 13.3. The van der Waals surface area contributed by atoms with Crippen LogP contribution >= 0.6 is 11.3 Å². The molecule has 0 saturated carbocycles. The molecule has 0 unspecified atom stereocenters. The Hall–Kier alpha value is -5.06. The van der Waals surface area contributed by atoms with Crippen LogP contribution in [-0.4, -0.2) is 6.92 Å². The van der Waals surface area contributed by atoms with E-state index in [1.807, 2.05) is 11.3 Å². The van der Waals surface area contributed by atoms with Crippen molar-refractivity contribution in [3.63, 3.8) is 0 Å².